The maximum absolute atomic E-state index is 14.7. The minimum Gasteiger partial charge on any atom is -0.494 e. The van der Waals surface area contributed by atoms with Crippen LogP contribution >= 0.6 is 0 Å². The maximum Gasteiger partial charge on any atom is 0.408 e. The monoisotopic (exact) mass is 769 g/mol. The van der Waals surface area contributed by atoms with Gasteiger partial charge in [0.15, 0.2) is 0 Å². The molecule has 3 fully saturated rings. The molecule has 294 valence electrons. The van der Waals surface area contributed by atoms with Crippen LogP contribution in [-0.4, -0.2) is 102 Å². The Bertz CT molecular complexity index is 1940. The number of hydrogen-bond acceptors (Lipinski definition) is 11. The molecule has 1 aromatic carbocycles. The van der Waals surface area contributed by atoms with Gasteiger partial charge in [0.1, 0.15) is 35.1 Å². The van der Waals surface area contributed by atoms with Crippen LogP contribution in [0, 0.1) is 5.92 Å². The summed E-state index contributed by atoms with van der Waals surface area (Å²) in [6.07, 6.45) is 4.56. The van der Waals surface area contributed by atoms with Crippen LogP contribution in [0.15, 0.2) is 42.6 Å². The number of nitrogens with zero attached hydrogens (tertiary/aromatic N) is 2. The number of pyridine rings is 1. The van der Waals surface area contributed by atoms with E-state index in [0.29, 0.717) is 36.8 Å². The molecule has 2 aliphatic carbocycles. The molecular formula is C38H51N5O10S. The lowest BCUT2D eigenvalue weighted by Crippen LogP contribution is -2.60. The van der Waals surface area contributed by atoms with E-state index in [2.05, 4.69) is 20.3 Å². The Hall–Kier alpha value is -4.44. The van der Waals surface area contributed by atoms with Gasteiger partial charge in [0.2, 0.25) is 27.7 Å². The standard InChI is InChI=1S/C38H51N5O10S/c1-22-12-8-9-13-24-19-38(24,34(46)42-54(48,49)37(6)16-17-37)41-31(44)28-18-25(52-32-27-15-11-10-14-26(27)29(50-7)20-39-32)21-43(28)33(45)30(23(2)51-22)40-35(47)53-36(3,4)5/h9-11,13-15,20,22-25,28,30H,8,12,16-19,21H2,1-7H3,(H,40,47)(H,41,44)(H,42,46)/b13-9-/t22-,23-,24+,25+,28-,30-,38+/m0/s1. The predicted octanol–water partition coefficient (Wildman–Crippen LogP) is 3.50. The highest BCUT2D eigenvalue weighted by Gasteiger charge is 2.63. The molecular weight excluding hydrogens is 719 g/mol. The number of aromatic nitrogens is 1. The topological polar surface area (TPSA) is 192 Å². The van der Waals surface area contributed by atoms with Gasteiger partial charge in [0.05, 0.1) is 36.8 Å². The number of alkyl carbamates (subject to hydrolysis) is 1. The van der Waals surface area contributed by atoms with Crippen molar-refractivity contribution in [1.29, 1.82) is 0 Å². The van der Waals surface area contributed by atoms with E-state index >= 15 is 0 Å². The van der Waals surface area contributed by atoms with Gasteiger partial charge in [-0.2, -0.15) is 0 Å². The molecule has 6 rings (SSSR count). The fourth-order valence-electron chi connectivity index (χ4n) is 7.09. The van der Waals surface area contributed by atoms with E-state index in [-0.39, 0.29) is 31.4 Å². The van der Waals surface area contributed by atoms with Crippen LogP contribution in [0.3, 0.4) is 0 Å². The van der Waals surface area contributed by atoms with Gasteiger partial charge in [-0.1, -0.05) is 30.4 Å². The zero-order valence-corrected chi connectivity index (χ0v) is 32.7. The van der Waals surface area contributed by atoms with Crippen LogP contribution in [0.4, 0.5) is 4.79 Å². The summed E-state index contributed by atoms with van der Waals surface area (Å²) in [6, 6.07) is 4.92. The second-order valence-corrected chi connectivity index (χ2v) is 18.3. The SMILES string of the molecule is COc1cnc(O[C@@H]2C[C@H]3C(=O)N[C@]4(C(=O)NS(=O)(=O)C5(C)CC5)C[C@H]4/C=C\CC[C@H](C)O[C@@H](C)[C@H](NC(=O)OC(C)(C)C)C(=O)N3C2)c2ccccc12. The first-order chi connectivity index (χ1) is 25.4. The minimum absolute atomic E-state index is 0.00101. The van der Waals surface area contributed by atoms with Crippen LogP contribution in [0.25, 0.3) is 10.8 Å². The highest BCUT2D eigenvalue weighted by Crippen LogP contribution is 2.47. The lowest BCUT2D eigenvalue weighted by Gasteiger charge is -2.33. The Morgan fingerprint density at radius 3 is 2.48 bits per heavy atom. The molecule has 2 aliphatic heterocycles. The highest BCUT2D eigenvalue weighted by atomic mass is 32.2. The van der Waals surface area contributed by atoms with E-state index < -0.39 is 79.9 Å². The Balaban J connectivity index is 1.35. The number of amides is 4. The number of allylic oxidation sites excluding steroid dienone is 1. The summed E-state index contributed by atoms with van der Waals surface area (Å²) < 4.78 is 51.2. The Labute approximate surface area is 315 Å². The van der Waals surface area contributed by atoms with Gasteiger partial charge in [-0.25, -0.2) is 18.2 Å². The van der Waals surface area contributed by atoms with E-state index in [1.165, 1.54) is 11.1 Å². The van der Waals surface area contributed by atoms with Crippen molar-refractivity contribution in [2.45, 2.75) is 126 Å². The van der Waals surface area contributed by atoms with E-state index in [4.69, 9.17) is 18.9 Å². The van der Waals surface area contributed by atoms with Gasteiger partial charge >= 0.3 is 6.09 Å². The quantitative estimate of drug-likeness (QED) is 0.350. The number of carbonyl (C=O) groups excluding carboxylic acids is 4. The molecule has 0 bridgehead atoms. The predicted molar refractivity (Wildman–Crippen MR) is 198 cm³/mol. The lowest BCUT2D eigenvalue weighted by molar-refractivity contribution is -0.144. The molecule has 7 atom stereocenters. The molecule has 1 aromatic heterocycles. The maximum atomic E-state index is 14.7. The Morgan fingerprint density at radius 1 is 1.11 bits per heavy atom. The number of hydrogen-bond donors (Lipinski definition) is 3. The molecule has 2 aromatic rings. The second-order valence-electron chi connectivity index (χ2n) is 16.1. The number of rotatable bonds is 7. The van der Waals surface area contributed by atoms with Crippen LogP contribution < -0.4 is 24.8 Å². The van der Waals surface area contributed by atoms with Crippen LogP contribution in [-0.2, 0) is 33.9 Å². The largest absolute Gasteiger partial charge is 0.494 e. The summed E-state index contributed by atoms with van der Waals surface area (Å²) in [5.41, 5.74) is -2.42. The number of benzene rings is 1. The first-order valence-electron chi connectivity index (χ1n) is 18.5. The molecule has 15 nitrogen and oxygen atoms in total. The van der Waals surface area contributed by atoms with Gasteiger partial charge < -0.3 is 34.5 Å². The van der Waals surface area contributed by atoms with Gasteiger partial charge in [0, 0.05) is 23.1 Å². The number of carbonyl (C=O) groups is 4. The van der Waals surface area contributed by atoms with Gasteiger partial charge in [-0.3, -0.25) is 19.1 Å². The molecule has 0 spiro atoms. The Morgan fingerprint density at radius 2 is 1.81 bits per heavy atom. The summed E-state index contributed by atoms with van der Waals surface area (Å²) in [5, 5.41) is 6.96. The van der Waals surface area contributed by atoms with E-state index in [1.807, 2.05) is 43.3 Å². The van der Waals surface area contributed by atoms with Crippen LogP contribution in [0.1, 0.15) is 80.1 Å². The summed E-state index contributed by atoms with van der Waals surface area (Å²) in [4.78, 5) is 61.9. The first-order valence-corrected chi connectivity index (χ1v) is 19.9. The lowest BCUT2D eigenvalue weighted by atomic mass is 10.1. The summed E-state index contributed by atoms with van der Waals surface area (Å²) in [6.45, 7) is 10.1. The molecule has 1 saturated heterocycles. The average Bonchev–Trinajstić information content (AvgIpc) is 3.98. The summed E-state index contributed by atoms with van der Waals surface area (Å²) >= 11 is 0. The van der Waals surface area contributed by atoms with Crippen molar-refractivity contribution in [2.75, 3.05) is 13.7 Å². The van der Waals surface area contributed by atoms with Crippen molar-refractivity contribution in [3.63, 3.8) is 0 Å². The van der Waals surface area contributed by atoms with Crippen molar-refractivity contribution < 1.29 is 46.5 Å². The second kappa shape index (κ2) is 14.7. The third kappa shape index (κ3) is 8.14. The average molecular weight is 770 g/mol. The molecule has 0 radical (unpaired) electrons. The highest BCUT2D eigenvalue weighted by molar-refractivity contribution is 7.91. The summed E-state index contributed by atoms with van der Waals surface area (Å²) in [5.74, 6) is -1.80. The number of sulfonamides is 1. The van der Waals surface area contributed by atoms with Crippen molar-refractivity contribution in [1.82, 2.24) is 25.2 Å². The normalized spacial score (nSPS) is 30.4. The smallest absolute Gasteiger partial charge is 0.408 e. The third-order valence-corrected chi connectivity index (χ3v) is 12.8. The van der Waals surface area contributed by atoms with Crippen molar-refractivity contribution in [3.8, 4) is 11.6 Å². The molecule has 3 N–H and O–H groups in total. The number of fused-ring (bicyclic) bond motifs is 3. The molecule has 3 heterocycles. The number of nitrogens with one attached hydrogen (secondary N) is 3. The van der Waals surface area contributed by atoms with Crippen LogP contribution in [0.5, 0.6) is 11.6 Å². The first kappa shape index (κ1) is 39.3. The number of methoxy groups -OCH3 is 1. The Kier molecular flexibility index (Phi) is 10.7. The zero-order chi connectivity index (χ0) is 39.2. The van der Waals surface area contributed by atoms with Gasteiger partial charge in [0.25, 0.3) is 5.91 Å². The number of ether oxygens (including phenoxy) is 4. The molecule has 4 aliphatic rings. The fraction of sp³-hybridized carbons (Fsp3) is 0.605. The third-order valence-electron chi connectivity index (χ3n) is 10.6. The van der Waals surface area contributed by atoms with Crippen molar-refractivity contribution in [2.24, 2.45) is 5.92 Å². The van der Waals surface area contributed by atoms with Gasteiger partial charge in [-0.15, -0.1) is 0 Å². The fourth-order valence-corrected chi connectivity index (χ4v) is 8.41. The van der Waals surface area contributed by atoms with Crippen molar-refractivity contribution in [3.05, 3.63) is 42.6 Å². The minimum atomic E-state index is -4.01. The molecule has 54 heavy (non-hydrogen) atoms. The molecule has 4 amide bonds. The molecule has 0 unspecified atom stereocenters. The zero-order valence-electron chi connectivity index (χ0n) is 31.8. The van der Waals surface area contributed by atoms with Gasteiger partial charge in [-0.05, 0) is 79.7 Å². The van der Waals surface area contributed by atoms with Crippen LogP contribution in [0.2, 0.25) is 0 Å². The van der Waals surface area contributed by atoms with Crippen molar-refractivity contribution >= 4 is 44.6 Å². The van der Waals surface area contributed by atoms with E-state index in [9.17, 15) is 27.6 Å². The molecule has 2 saturated carbocycles. The van der Waals surface area contributed by atoms with E-state index in [1.54, 1.807) is 41.7 Å². The molecule has 16 heteroatoms. The van der Waals surface area contributed by atoms with E-state index in [0.717, 1.165) is 5.39 Å². The summed E-state index contributed by atoms with van der Waals surface area (Å²) in [7, 11) is -2.47.